The summed E-state index contributed by atoms with van der Waals surface area (Å²) in [7, 11) is 1.58. The maximum absolute atomic E-state index is 13.8. The van der Waals surface area contributed by atoms with Gasteiger partial charge in [0.25, 0.3) is 11.5 Å². The van der Waals surface area contributed by atoms with Crippen molar-refractivity contribution in [1.82, 2.24) is 25.1 Å². The van der Waals surface area contributed by atoms with Crippen LogP contribution in [-0.4, -0.2) is 32.8 Å². The fourth-order valence-corrected chi connectivity index (χ4v) is 3.63. The van der Waals surface area contributed by atoms with Crippen LogP contribution in [0.15, 0.2) is 71.5 Å². The van der Waals surface area contributed by atoms with Gasteiger partial charge in [0.2, 0.25) is 0 Å². The van der Waals surface area contributed by atoms with Gasteiger partial charge in [0, 0.05) is 23.2 Å². The maximum atomic E-state index is 13.8. The monoisotopic (exact) mass is 443 g/mol. The predicted molar refractivity (Wildman–Crippen MR) is 121 cm³/mol. The largest absolute Gasteiger partial charge is 0.497 e. The summed E-state index contributed by atoms with van der Waals surface area (Å²) in [5.41, 5.74) is 2.30. The van der Waals surface area contributed by atoms with E-state index in [1.807, 2.05) is 12.1 Å². The van der Waals surface area contributed by atoms with Crippen molar-refractivity contribution in [2.45, 2.75) is 6.54 Å². The summed E-state index contributed by atoms with van der Waals surface area (Å²) in [6.45, 7) is 0.0426. The van der Waals surface area contributed by atoms with Crippen LogP contribution in [0.5, 0.6) is 5.75 Å². The zero-order valence-corrected chi connectivity index (χ0v) is 17.5. The normalized spacial score (nSPS) is 11.1. The summed E-state index contributed by atoms with van der Waals surface area (Å²) < 4.78 is 20.6. The molecule has 0 atom stereocenters. The molecular weight excluding hydrogens is 425 g/mol. The summed E-state index contributed by atoms with van der Waals surface area (Å²) in [5.74, 6) is -0.0903. The van der Waals surface area contributed by atoms with Gasteiger partial charge in [-0.25, -0.2) is 14.1 Å². The third kappa shape index (κ3) is 3.69. The molecule has 0 saturated heterocycles. The standard InChI is InChI=1S/C24H18FN5O3/c1-33-17-9-6-14(7-10-17)21-22-27-24(32)18-11-8-15(12-20(18)30(22)29-28-21)23(31)26-13-16-4-2-3-5-19(16)25/h2-12,29H,13H2,1H3,(H,26,31). The summed E-state index contributed by atoms with van der Waals surface area (Å²) in [5, 5.41) is 10.2. The maximum Gasteiger partial charge on any atom is 0.281 e. The molecule has 164 valence electrons. The van der Waals surface area contributed by atoms with Crippen LogP contribution in [0, 0.1) is 5.82 Å². The Morgan fingerprint density at radius 3 is 2.67 bits per heavy atom. The second-order valence-corrected chi connectivity index (χ2v) is 7.37. The number of methoxy groups -OCH3 is 1. The molecule has 0 aliphatic carbocycles. The number of amides is 1. The number of H-pyrrole nitrogens is 1. The summed E-state index contributed by atoms with van der Waals surface area (Å²) in [6.07, 6.45) is 0. The summed E-state index contributed by atoms with van der Waals surface area (Å²) in [4.78, 5) is 29.6. The number of benzene rings is 3. The SMILES string of the molecule is COc1ccc(-c2n[nH]n3c2nc(=O)c2ccc(C(=O)NCc4ccccc4F)cc23)cc1. The van der Waals surface area contributed by atoms with E-state index in [2.05, 4.69) is 20.6 Å². The molecule has 3 aromatic carbocycles. The van der Waals surface area contributed by atoms with Gasteiger partial charge in [-0.15, -0.1) is 0 Å². The number of nitrogens with zero attached hydrogens (tertiary/aromatic N) is 3. The van der Waals surface area contributed by atoms with Crippen LogP contribution < -0.4 is 15.6 Å². The Labute approximate surface area is 186 Å². The van der Waals surface area contributed by atoms with Crippen molar-refractivity contribution < 1.29 is 13.9 Å². The minimum Gasteiger partial charge on any atom is -0.497 e. The van der Waals surface area contributed by atoms with Crippen molar-refractivity contribution in [2.75, 3.05) is 7.11 Å². The van der Waals surface area contributed by atoms with Gasteiger partial charge in [-0.3, -0.25) is 9.59 Å². The van der Waals surface area contributed by atoms with Gasteiger partial charge in [0.05, 0.1) is 18.0 Å². The first-order valence-corrected chi connectivity index (χ1v) is 10.1. The van der Waals surface area contributed by atoms with Gasteiger partial charge in [0.15, 0.2) is 5.65 Å². The zero-order valence-electron chi connectivity index (χ0n) is 17.5. The van der Waals surface area contributed by atoms with Crippen molar-refractivity contribution >= 4 is 22.5 Å². The van der Waals surface area contributed by atoms with Gasteiger partial charge in [-0.05, 0) is 48.5 Å². The first-order chi connectivity index (χ1) is 16.0. The third-order valence-electron chi connectivity index (χ3n) is 5.38. The molecule has 5 aromatic rings. The van der Waals surface area contributed by atoms with Crippen LogP contribution in [0.4, 0.5) is 4.39 Å². The van der Waals surface area contributed by atoms with Crippen molar-refractivity contribution in [2.24, 2.45) is 0 Å². The van der Waals surface area contributed by atoms with E-state index in [1.165, 1.54) is 12.1 Å². The molecule has 8 nitrogen and oxygen atoms in total. The van der Waals surface area contributed by atoms with Gasteiger partial charge < -0.3 is 10.1 Å². The Bertz CT molecular complexity index is 1560. The average molecular weight is 443 g/mol. The smallest absolute Gasteiger partial charge is 0.281 e. The minimum atomic E-state index is -0.431. The van der Waals surface area contributed by atoms with Gasteiger partial charge >= 0.3 is 0 Å². The molecule has 1 amide bonds. The molecule has 33 heavy (non-hydrogen) atoms. The van der Waals surface area contributed by atoms with Crippen LogP contribution in [0.3, 0.4) is 0 Å². The van der Waals surface area contributed by atoms with Gasteiger partial charge in [-0.2, -0.15) is 10.1 Å². The molecule has 0 aliphatic rings. The van der Waals surface area contributed by atoms with E-state index >= 15 is 0 Å². The molecule has 2 heterocycles. The van der Waals surface area contributed by atoms with Crippen LogP contribution in [0.25, 0.3) is 27.8 Å². The Kier molecular flexibility index (Phi) is 5.06. The highest BCUT2D eigenvalue weighted by molar-refractivity contribution is 5.98. The highest BCUT2D eigenvalue weighted by Crippen LogP contribution is 2.25. The minimum absolute atomic E-state index is 0.0426. The lowest BCUT2D eigenvalue weighted by Crippen LogP contribution is -2.23. The van der Waals surface area contributed by atoms with E-state index in [0.717, 1.165) is 5.56 Å². The molecule has 0 unspecified atom stereocenters. The van der Waals surface area contributed by atoms with Crippen molar-refractivity contribution in [3.8, 4) is 17.0 Å². The topological polar surface area (TPSA) is 101 Å². The molecule has 2 N–H and O–H groups in total. The zero-order chi connectivity index (χ0) is 22.9. The lowest BCUT2D eigenvalue weighted by Gasteiger charge is -2.08. The van der Waals surface area contributed by atoms with E-state index in [9.17, 15) is 14.0 Å². The molecule has 0 spiro atoms. The fourth-order valence-electron chi connectivity index (χ4n) is 3.63. The fraction of sp³-hybridized carbons (Fsp3) is 0.0833. The Hall–Kier alpha value is -4.53. The number of hydrogen-bond donors (Lipinski definition) is 2. The Morgan fingerprint density at radius 1 is 1.12 bits per heavy atom. The molecule has 2 aromatic heterocycles. The highest BCUT2D eigenvalue weighted by Gasteiger charge is 2.16. The van der Waals surface area contributed by atoms with Crippen molar-refractivity contribution in [3.63, 3.8) is 0 Å². The molecule has 0 radical (unpaired) electrons. The second-order valence-electron chi connectivity index (χ2n) is 7.37. The van der Waals surface area contributed by atoms with E-state index < -0.39 is 11.5 Å². The van der Waals surface area contributed by atoms with Crippen LogP contribution in [-0.2, 0) is 6.54 Å². The molecule has 0 bridgehead atoms. The third-order valence-corrected chi connectivity index (χ3v) is 5.38. The summed E-state index contributed by atoms with van der Waals surface area (Å²) in [6, 6.07) is 18.1. The van der Waals surface area contributed by atoms with E-state index in [4.69, 9.17) is 4.74 Å². The molecule has 5 rings (SSSR count). The van der Waals surface area contributed by atoms with Crippen molar-refractivity contribution in [1.29, 1.82) is 0 Å². The van der Waals surface area contributed by atoms with Crippen LogP contribution in [0.2, 0.25) is 0 Å². The number of hydrogen-bond acceptors (Lipinski definition) is 5. The van der Waals surface area contributed by atoms with Gasteiger partial charge in [-0.1, -0.05) is 18.2 Å². The van der Waals surface area contributed by atoms with Crippen LogP contribution >= 0.6 is 0 Å². The molecule has 0 aliphatic heterocycles. The van der Waals surface area contributed by atoms with E-state index in [0.29, 0.717) is 39.1 Å². The number of rotatable bonds is 5. The number of fused-ring (bicyclic) bond motifs is 3. The molecule has 0 fully saturated rings. The van der Waals surface area contributed by atoms with Crippen molar-refractivity contribution in [3.05, 3.63) is 94.0 Å². The average Bonchev–Trinajstić information content (AvgIpc) is 3.27. The van der Waals surface area contributed by atoms with E-state index in [-0.39, 0.29) is 12.4 Å². The number of carbonyl (C=O) groups is 1. The number of ether oxygens (including phenoxy) is 1. The second kappa shape index (κ2) is 8.19. The first-order valence-electron chi connectivity index (χ1n) is 10.1. The Balaban J connectivity index is 1.53. The number of aromatic nitrogens is 4. The lowest BCUT2D eigenvalue weighted by molar-refractivity contribution is 0.0950. The molecular formula is C24H18FN5O3. The number of nitrogens with one attached hydrogen (secondary N) is 2. The molecule has 0 saturated carbocycles. The number of aromatic amines is 1. The van der Waals surface area contributed by atoms with Gasteiger partial charge in [0.1, 0.15) is 17.3 Å². The number of carbonyl (C=O) groups excluding carboxylic acids is 1. The summed E-state index contributed by atoms with van der Waals surface area (Å²) >= 11 is 0. The van der Waals surface area contributed by atoms with E-state index in [1.54, 1.807) is 54.1 Å². The first kappa shape index (κ1) is 20.4. The highest BCUT2D eigenvalue weighted by atomic mass is 19.1. The quantitative estimate of drug-likeness (QED) is 0.434. The Morgan fingerprint density at radius 2 is 1.91 bits per heavy atom. The predicted octanol–water partition coefficient (Wildman–Crippen LogP) is 3.32. The lowest BCUT2D eigenvalue weighted by atomic mass is 10.1. The van der Waals surface area contributed by atoms with Crippen LogP contribution in [0.1, 0.15) is 15.9 Å². The number of halogens is 1. The molecule has 9 heteroatoms.